The second-order valence-corrected chi connectivity index (χ2v) is 5.77. The number of nitrogens with one attached hydrogen (secondary N) is 1. The van der Waals surface area contributed by atoms with E-state index in [1.807, 2.05) is 31.2 Å². The highest BCUT2D eigenvalue weighted by molar-refractivity contribution is 7.15. The van der Waals surface area contributed by atoms with Gasteiger partial charge in [0.05, 0.1) is 0 Å². The summed E-state index contributed by atoms with van der Waals surface area (Å²) in [7, 11) is 0. The van der Waals surface area contributed by atoms with Crippen LogP contribution in [0.2, 0.25) is 0 Å². The van der Waals surface area contributed by atoms with Gasteiger partial charge in [-0.3, -0.25) is 10.1 Å². The van der Waals surface area contributed by atoms with Gasteiger partial charge in [-0.25, -0.2) is 0 Å². The fraction of sp³-hybridized carbons (Fsp3) is 0.400. The maximum absolute atomic E-state index is 11.8. The summed E-state index contributed by atoms with van der Waals surface area (Å²) in [6.07, 6.45) is 3.11. The molecule has 0 saturated heterocycles. The maximum atomic E-state index is 11.8. The molecule has 1 aromatic heterocycles. The first kappa shape index (κ1) is 15.4. The zero-order valence-corrected chi connectivity index (χ0v) is 13.1. The first-order chi connectivity index (χ1) is 10.2. The van der Waals surface area contributed by atoms with E-state index in [0.29, 0.717) is 10.9 Å². The first-order valence-corrected chi connectivity index (χ1v) is 7.81. The van der Waals surface area contributed by atoms with Crippen LogP contribution in [0.1, 0.15) is 30.3 Å². The lowest BCUT2D eigenvalue weighted by Gasteiger charge is -2.07. The number of carbonyl (C=O) groups excluding carboxylic acids is 1. The second-order valence-electron chi connectivity index (χ2n) is 4.71. The van der Waals surface area contributed by atoms with Crippen LogP contribution >= 0.6 is 11.3 Å². The summed E-state index contributed by atoms with van der Waals surface area (Å²) >= 11 is 1.42. The van der Waals surface area contributed by atoms with Gasteiger partial charge in [0.2, 0.25) is 5.13 Å². The number of unbranched alkanes of at least 4 members (excludes halogenated alkanes) is 1. The molecule has 2 aromatic rings. The minimum Gasteiger partial charge on any atom is -0.483 e. The molecule has 112 valence electrons. The van der Waals surface area contributed by atoms with Gasteiger partial charge < -0.3 is 4.74 Å². The summed E-state index contributed by atoms with van der Waals surface area (Å²) in [5.41, 5.74) is 1.00. The zero-order valence-electron chi connectivity index (χ0n) is 12.3. The number of hydrogen-bond acceptors (Lipinski definition) is 5. The number of anilines is 1. The van der Waals surface area contributed by atoms with E-state index >= 15 is 0 Å². The molecular formula is C15H19N3O2S. The summed E-state index contributed by atoms with van der Waals surface area (Å²) in [6.45, 7) is 4.04. The second kappa shape index (κ2) is 7.73. The van der Waals surface area contributed by atoms with Gasteiger partial charge in [-0.2, -0.15) is 0 Å². The molecule has 21 heavy (non-hydrogen) atoms. The third-order valence-corrected chi connectivity index (χ3v) is 3.81. The predicted molar refractivity (Wildman–Crippen MR) is 83.8 cm³/mol. The number of para-hydroxylation sites is 1. The van der Waals surface area contributed by atoms with Crippen molar-refractivity contribution in [2.45, 2.75) is 33.1 Å². The topological polar surface area (TPSA) is 64.1 Å². The number of carbonyl (C=O) groups is 1. The molecule has 0 aliphatic rings. The molecule has 1 N–H and O–H groups in total. The van der Waals surface area contributed by atoms with E-state index in [-0.39, 0.29) is 12.5 Å². The molecule has 0 spiro atoms. The first-order valence-electron chi connectivity index (χ1n) is 6.99. The van der Waals surface area contributed by atoms with Crippen LogP contribution in [0.5, 0.6) is 5.75 Å². The lowest BCUT2D eigenvalue weighted by molar-refractivity contribution is -0.118. The van der Waals surface area contributed by atoms with Gasteiger partial charge in [0, 0.05) is 6.42 Å². The van der Waals surface area contributed by atoms with E-state index in [9.17, 15) is 4.79 Å². The molecule has 1 aromatic carbocycles. The summed E-state index contributed by atoms with van der Waals surface area (Å²) < 4.78 is 5.49. The number of aromatic nitrogens is 2. The van der Waals surface area contributed by atoms with Gasteiger partial charge in [-0.05, 0) is 25.0 Å². The van der Waals surface area contributed by atoms with Crippen molar-refractivity contribution >= 4 is 22.4 Å². The molecule has 5 nitrogen and oxygen atoms in total. The van der Waals surface area contributed by atoms with E-state index in [1.54, 1.807) is 0 Å². The Balaban J connectivity index is 1.82. The van der Waals surface area contributed by atoms with Crippen LogP contribution in [0.4, 0.5) is 5.13 Å². The molecule has 0 unspecified atom stereocenters. The number of aryl methyl sites for hydroxylation is 2. The quantitative estimate of drug-likeness (QED) is 0.853. The van der Waals surface area contributed by atoms with Gasteiger partial charge >= 0.3 is 0 Å². The fourth-order valence-electron chi connectivity index (χ4n) is 1.75. The Labute approximate surface area is 128 Å². The summed E-state index contributed by atoms with van der Waals surface area (Å²) in [5.74, 6) is 0.491. The van der Waals surface area contributed by atoms with Gasteiger partial charge in [0.25, 0.3) is 5.91 Å². The lowest BCUT2D eigenvalue weighted by atomic mass is 10.2. The lowest BCUT2D eigenvalue weighted by Crippen LogP contribution is -2.20. The van der Waals surface area contributed by atoms with Crippen molar-refractivity contribution in [1.29, 1.82) is 0 Å². The Bertz CT molecular complexity index is 598. The van der Waals surface area contributed by atoms with Gasteiger partial charge in [-0.1, -0.05) is 42.9 Å². The average molecular weight is 305 g/mol. The predicted octanol–water partition coefficient (Wildman–Crippen LogP) is 3.21. The minimum absolute atomic E-state index is 0.0330. The highest BCUT2D eigenvalue weighted by atomic mass is 32.1. The maximum Gasteiger partial charge on any atom is 0.264 e. The highest BCUT2D eigenvalue weighted by Crippen LogP contribution is 2.18. The van der Waals surface area contributed by atoms with Crippen LogP contribution in [-0.4, -0.2) is 22.7 Å². The molecule has 0 aliphatic heterocycles. The summed E-state index contributed by atoms with van der Waals surface area (Å²) in [4.78, 5) is 11.8. The molecular weight excluding hydrogens is 286 g/mol. The SMILES string of the molecule is CCCCc1nnc(NC(=O)COc2ccccc2C)s1. The molecule has 6 heteroatoms. The summed E-state index contributed by atoms with van der Waals surface area (Å²) in [6, 6.07) is 7.60. The molecule has 0 fully saturated rings. The zero-order chi connectivity index (χ0) is 15.1. The van der Waals surface area contributed by atoms with Crippen molar-refractivity contribution in [3.05, 3.63) is 34.8 Å². The van der Waals surface area contributed by atoms with E-state index in [0.717, 1.165) is 29.8 Å². The van der Waals surface area contributed by atoms with Crippen molar-refractivity contribution in [3.63, 3.8) is 0 Å². The van der Waals surface area contributed by atoms with Crippen molar-refractivity contribution in [2.24, 2.45) is 0 Å². The van der Waals surface area contributed by atoms with Crippen LogP contribution in [0.25, 0.3) is 0 Å². The highest BCUT2D eigenvalue weighted by Gasteiger charge is 2.09. The van der Waals surface area contributed by atoms with Crippen LogP contribution < -0.4 is 10.1 Å². The van der Waals surface area contributed by atoms with Gasteiger partial charge in [0.15, 0.2) is 6.61 Å². The van der Waals surface area contributed by atoms with E-state index < -0.39 is 0 Å². The van der Waals surface area contributed by atoms with Crippen molar-refractivity contribution in [1.82, 2.24) is 10.2 Å². The average Bonchev–Trinajstić information content (AvgIpc) is 2.91. The third-order valence-electron chi connectivity index (χ3n) is 2.91. The molecule has 0 aliphatic carbocycles. The fourth-order valence-corrected chi connectivity index (χ4v) is 2.55. The van der Waals surface area contributed by atoms with Crippen LogP contribution in [0, 0.1) is 6.92 Å². The Kier molecular flexibility index (Phi) is 5.68. The normalized spacial score (nSPS) is 10.4. The number of hydrogen-bond donors (Lipinski definition) is 1. The molecule has 0 radical (unpaired) electrons. The number of nitrogens with zero attached hydrogens (tertiary/aromatic N) is 2. The van der Waals surface area contributed by atoms with Crippen molar-refractivity contribution in [2.75, 3.05) is 11.9 Å². The molecule has 1 amide bonds. The van der Waals surface area contributed by atoms with Gasteiger partial charge in [0.1, 0.15) is 10.8 Å². The van der Waals surface area contributed by atoms with Crippen LogP contribution in [0.15, 0.2) is 24.3 Å². The Morgan fingerprint density at radius 1 is 1.33 bits per heavy atom. The summed E-state index contributed by atoms with van der Waals surface area (Å²) in [5, 5.41) is 12.2. The monoisotopic (exact) mass is 305 g/mol. The molecule has 0 saturated carbocycles. The van der Waals surface area contributed by atoms with E-state index in [1.165, 1.54) is 11.3 Å². The van der Waals surface area contributed by atoms with Crippen molar-refractivity contribution in [3.8, 4) is 5.75 Å². The largest absolute Gasteiger partial charge is 0.483 e. The van der Waals surface area contributed by atoms with E-state index in [2.05, 4.69) is 22.4 Å². The molecule has 0 bridgehead atoms. The van der Waals surface area contributed by atoms with Gasteiger partial charge in [-0.15, -0.1) is 10.2 Å². The Morgan fingerprint density at radius 2 is 2.14 bits per heavy atom. The van der Waals surface area contributed by atoms with Crippen LogP contribution in [0.3, 0.4) is 0 Å². The Hall–Kier alpha value is -1.95. The third kappa shape index (κ3) is 4.82. The number of ether oxygens (including phenoxy) is 1. The number of rotatable bonds is 7. The smallest absolute Gasteiger partial charge is 0.264 e. The molecule has 0 atom stereocenters. The molecule has 2 rings (SSSR count). The number of amides is 1. The Morgan fingerprint density at radius 3 is 2.90 bits per heavy atom. The van der Waals surface area contributed by atoms with Crippen molar-refractivity contribution < 1.29 is 9.53 Å². The molecule has 1 heterocycles. The number of benzene rings is 1. The minimum atomic E-state index is -0.226. The standard InChI is InChI=1S/C15H19N3O2S/c1-3-4-9-14-17-18-15(21-14)16-13(19)10-20-12-8-6-5-7-11(12)2/h5-8H,3-4,9-10H2,1-2H3,(H,16,18,19). The van der Waals surface area contributed by atoms with E-state index in [4.69, 9.17) is 4.74 Å². The van der Waals surface area contributed by atoms with Crippen LogP contribution in [-0.2, 0) is 11.2 Å².